The Balaban J connectivity index is 1.91. The second-order valence-electron chi connectivity index (χ2n) is 5.21. The molecule has 0 saturated heterocycles. The first kappa shape index (κ1) is 16.5. The molecule has 0 amide bonds. The first-order chi connectivity index (χ1) is 9.18. The van der Waals surface area contributed by atoms with E-state index < -0.39 is 0 Å². The molecule has 0 aliphatic rings. The van der Waals surface area contributed by atoms with Crippen LogP contribution in [0.15, 0.2) is 24.3 Å². The van der Waals surface area contributed by atoms with Crippen molar-refractivity contribution >= 4 is 11.6 Å². The summed E-state index contributed by atoms with van der Waals surface area (Å²) in [7, 11) is 0. The van der Waals surface area contributed by atoms with E-state index in [4.69, 9.17) is 16.3 Å². The first-order valence-corrected chi connectivity index (χ1v) is 7.62. The van der Waals surface area contributed by atoms with Crippen molar-refractivity contribution in [3.05, 3.63) is 34.9 Å². The van der Waals surface area contributed by atoms with Crippen LogP contribution in [-0.4, -0.2) is 19.2 Å². The molecular formula is C16H26ClNO. The molecule has 0 bridgehead atoms. The molecule has 1 rings (SSSR count). The zero-order chi connectivity index (χ0) is 13.9. The number of nitrogens with one attached hydrogen (secondary N) is 1. The molecule has 0 fully saturated rings. The Morgan fingerprint density at radius 1 is 1.16 bits per heavy atom. The summed E-state index contributed by atoms with van der Waals surface area (Å²) < 4.78 is 5.65. The van der Waals surface area contributed by atoms with E-state index in [1.807, 2.05) is 24.3 Å². The van der Waals surface area contributed by atoms with Gasteiger partial charge in [-0.15, -0.1) is 0 Å². The van der Waals surface area contributed by atoms with Gasteiger partial charge in [0, 0.05) is 17.7 Å². The maximum Gasteiger partial charge on any atom is 0.0717 e. The van der Waals surface area contributed by atoms with E-state index in [0.717, 1.165) is 30.2 Å². The minimum absolute atomic E-state index is 0.598. The lowest BCUT2D eigenvalue weighted by Crippen LogP contribution is -2.23. The van der Waals surface area contributed by atoms with Gasteiger partial charge in [0.2, 0.25) is 0 Å². The Morgan fingerprint density at radius 2 is 1.95 bits per heavy atom. The predicted octanol–water partition coefficient (Wildman–Crippen LogP) is 4.42. The van der Waals surface area contributed by atoms with Crippen LogP contribution in [0.4, 0.5) is 0 Å². The molecule has 19 heavy (non-hydrogen) atoms. The summed E-state index contributed by atoms with van der Waals surface area (Å²) in [5.74, 6) is 0. The number of halogens is 1. The number of unbranched alkanes of at least 4 members (excludes halogenated alkanes) is 3. The zero-order valence-electron chi connectivity index (χ0n) is 12.1. The number of rotatable bonds is 10. The van der Waals surface area contributed by atoms with E-state index in [2.05, 4.69) is 19.2 Å². The number of ether oxygens (including phenoxy) is 1. The van der Waals surface area contributed by atoms with Gasteiger partial charge in [-0.3, -0.25) is 0 Å². The molecular weight excluding hydrogens is 258 g/mol. The van der Waals surface area contributed by atoms with Crippen molar-refractivity contribution in [2.75, 3.05) is 13.2 Å². The van der Waals surface area contributed by atoms with Crippen LogP contribution in [0.2, 0.25) is 5.02 Å². The van der Waals surface area contributed by atoms with E-state index in [1.54, 1.807) is 0 Å². The van der Waals surface area contributed by atoms with Gasteiger partial charge in [-0.1, -0.05) is 50.4 Å². The quantitative estimate of drug-likeness (QED) is 0.642. The van der Waals surface area contributed by atoms with E-state index in [9.17, 15) is 0 Å². The SMILES string of the molecule is CC(C)NCCCCCCOCc1cccc(Cl)c1. The zero-order valence-corrected chi connectivity index (χ0v) is 12.9. The fraction of sp³-hybridized carbons (Fsp3) is 0.625. The summed E-state index contributed by atoms with van der Waals surface area (Å²) in [6, 6.07) is 8.45. The molecule has 0 aliphatic heterocycles. The van der Waals surface area contributed by atoms with Crippen molar-refractivity contribution in [3.63, 3.8) is 0 Å². The van der Waals surface area contributed by atoms with Gasteiger partial charge in [0.05, 0.1) is 6.61 Å². The number of benzene rings is 1. The third kappa shape index (κ3) is 9.04. The lowest BCUT2D eigenvalue weighted by Gasteiger charge is -2.07. The minimum Gasteiger partial charge on any atom is -0.377 e. The third-order valence-electron chi connectivity index (χ3n) is 2.93. The largest absolute Gasteiger partial charge is 0.377 e. The molecule has 0 saturated carbocycles. The Kier molecular flexibility index (Phi) is 8.89. The van der Waals surface area contributed by atoms with Crippen LogP contribution in [0.3, 0.4) is 0 Å². The molecule has 0 radical (unpaired) electrons. The molecule has 0 heterocycles. The van der Waals surface area contributed by atoms with Crippen molar-refractivity contribution in [2.24, 2.45) is 0 Å². The maximum atomic E-state index is 5.92. The van der Waals surface area contributed by atoms with E-state index in [1.165, 1.54) is 19.3 Å². The molecule has 0 atom stereocenters. The van der Waals surface area contributed by atoms with Gasteiger partial charge in [-0.05, 0) is 37.1 Å². The summed E-state index contributed by atoms with van der Waals surface area (Å²) in [5.41, 5.74) is 1.15. The van der Waals surface area contributed by atoms with Gasteiger partial charge >= 0.3 is 0 Å². The highest BCUT2D eigenvalue weighted by molar-refractivity contribution is 6.30. The lowest BCUT2D eigenvalue weighted by molar-refractivity contribution is 0.116. The van der Waals surface area contributed by atoms with Crippen LogP contribution in [0.1, 0.15) is 45.1 Å². The Hall–Kier alpha value is -0.570. The summed E-state index contributed by atoms with van der Waals surface area (Å²) in [6.45, 7) is 6.99. The topological polar surface area (TPSA) is 21.3 Å². The average molecular weight is 284 g/mol. The predicted molar refractivity (Wildman–Crippen MR) is 82.7 cm³/mol. The third-order valence-corrected chi connectivity index (χ3v) is 3.16. The summed E-state index contributed by atoms with van der Waals surface area (Å²) in [6.07, 6.45) is 4.92. The number of hydrogen-bond acceptors (Lipinski definition) is 2. The van der Waals surface area contributed by atoms with Crippen LogP contribution in [0, 0.1) is 0 Å². The van der Waals surface area contributed by atoms with Crippen molar-refractivity contribution in [2.45, 2.75) is 52.2 Å². The van der Waals surface area contributed by atoms with Crippen LogP contribution in [-0.2, 0) is 11.3 Å². The molecule has 1 N–H and O–H groups in total. The van der Waals surface area contributed by atoms with Crippen LogP contribution in [0.5, 0.6) is 0 Å². The Morgan fingerprint density at radius 3 is 2.68 bits per heavy atom. The summed E-state index contributed by atoms with van der Waals surface area (Å²) in [4.78, 5) is 0. The highest BCUT2D eigenvalue weighted by atomic mass is 35.5. The highest BCUT2D eigenvalue weighted by Crippen LogP contribution is 2.11. The molecule has 0 spiro atoms. The Bertz CT molecular complexity index is 341. The molecule has 0 unspecified atom stereocenters. The van der Waals surface area contributed by atoms with Gasteiger partial charge in [0.1, 0.15) is 0 Å². The van der Waals surface area contributed by atoms with E-state index in [0.29, 0.717) is 12.6 Å². The average Bonchev–Trinajstić information content (AvgIpc) is 2.36. The lowest BCUT2D eigenvalue weighted by atomic mass is 10.2. The van der Waals surface area contributed by atoms with Crippen LogP contribution in [0.25, 0.3) is 0 Å². The number of hydrogen-bond donors (Lipinski definition) is 1. The van der Waals surface area contributed by atoms with Gasteiger partial charge in [0.25, 0.3) is 0 Å². The van der Waals surface area contributed by atoms with Gasteiger partial charge in [-0.2, -0.15) is 0 Å². The molecule has 0 aromatic heterocycles. The van der Waals surface area contributed by atoms with Gasteiger partial charge < -0.3 is 10.1 Å². The van der Waals surface area contributed by atoms with Crippen LogP contribution >= 0.6 is 11.6 Å². The second kappa shape index (κ2) is 10.2. The molecule has 1 aromatic rings. The fourth-order valence-corrected chi connectivity index (χ4v) is 2.10. The van der Waals surface area contributed by atoms with E-state index >= 15 is 0 Å². The molecule has 3 heteroatoms. The Labute approximate surface area is 122 Å². The van der Waals surface area contributed by atoms with E-state index in [-0.39, 0.29) is 0 Å². The summed E-state index contributed by atoms with van der Waals surface area (Å²) in [5, 5.41) is 4.21. The van der Waals surface area contributed by atoms with Crippen molar-refractivity contribution in [3.8, 4) is 0 Å². The summed E-state index contributed by atoms with van der Waals surface area (Å²) >= 11 is 5.92. The van der Waals surface area contributed by atoms with Gasteiger partial charge in [-0.25, -0.2) is 0 Å². The maximum absolute atomic E-state index is 5.92. The van der Waals surface area contributed by atoms with Crippen molar-refractivity contribution in [1.29, 1.82) is 0 Å². The monoisotopic (exact) mass is 283 g/mol. The molecule has 0 aliphatic carbocycles. The normalized spacial score (nSPS) is 11.2. The standard InChI is InChI=1S/C16H26ClNO/c1-14(2)18-10-5-3-4-6-11-19-13-15-8-7-9-16(17)12-15/h7-9,12,14,18H,3-6,10-11,13H2,1-2H3. The van der Waals surface area contributed by atoms with Crippen molar-refractivity contribution < 1.29 is 4.74 Å². The molecule has 108 valence electrons. The molecule has 1 aromatic carbocycles. The van der Waals surface area contributed by atoms with Crippen LogP contribution < -0.4 is 5.32 Å². The molecule has 2 nitrogen and oxygen atoms in total. The first-order valence-electron chi connectivity index (χ1n) is 7.24. The van der Waals surface area contributed by atoms with Crippen molar-refractivity contribution in [1.82, 2.24) is 5.32 Å². The van der Waals surface area contributed by atoms with Gasteiger partial charge in [0.15, 0.2) is 0 Å². The minimum atomic E-state index is 0.598. The second-order valence-corrected chi connectivity index (χ2v) is 5.64. The fourth-order valence-electron chi connectivity index (χ4n) is 1.89. The smallest absolute Gasteiger partial charge is 0.0717 e. The highest BCUT2D eigenvalue weighted by Gasteiger charge is 1.96.